The molecule has 2 N–H and O–H groups in total. The number of benzene rings is 1. The third-order valence-electron chi connectivity index (χ3n) is 4.75. The Kier molecular flexibility index (Phi) is 5.45. The van der Waals surface area contributed by atoms with Gasteiger partial charge in [0.15, 0.2) is 0 Å². The summed E-state index contributed by atoms with van der Waals surface area (Å²) in [5.41, 5.74) is 0.684. The third kappa shape index (κ3) is 4.32. The molecule has 0 aromatic heterocycles. The fourth-order valence-electron chi connectivity index (χ4n) is 3.49. The second kappa shape index (κ2) is 7.75. The number of carbonyl (C=O) groups excluding carboxylic acids is 2. The van der Waals surface area contributed by atoms with E-state index in [1.54, 1.807) is 12.1 Å². The fraction of sp³-hybridized carbons (Fsp3) is 0.556. The monoisotopic (exact) mass is 333 g/mol. The van der Waals surface area contributed by atoms with E-state index in [4.69, 9.17) is 0 Å². The maximum atomic E-state index is 13.8. The fourth-order valence-corrected chi connectivity index (χ4v) is 3.49. The largest absolute Gasteiger partial charge is 0.350 e. The van der Waals surface area contributed by atoms with E-state index in [1.807, 2.05) is 6.07 Å². The first-order valence-electron chi connectivity index (χ1n) is 8.67. The molecule has 3 rings (SSSR count). The van der Waals surface area contributed by atoms with E-state index in [0.29, 0.717) is 31.5 Å². The molecule has 5 nitrogen and oxygen atoms in total. The molecule has 2 saturated heterocycles. The Morgan fingerprint density at radius 3 is 2.92 bits per heavy atom. The number of likely N-dealkylation sites (tertiary alicyclic amines) is 1. The van der Waals surface area contributed by atoms with Crippen molar-refractivity contribution in [2.75, 3.05) is 13.1 Å². The predicted octanol–water partition coefficient (Wildman–Crippen LogP) is 1.57. The number of rotatable bonds is 4. The number of halogens is 1. The first-order valence-corrected chi connectivity index (χ1v) is 8.67. The molecular formula is C18H24FN3O2. The van der Waals surface area contributed by atoms with Gasteiger partial charge in [0.2, 0.25) is 11.8 Å². The van der Waals surface area contributed by atoms with Crippen molar-refractivity contribution in [3.63, 3.8) is 0 Å². The molecule has 0 saturated carbocycles. The predicted molar refractivity (Wildman–Crippen MR) is 88.6 cm³/mol. The minimum Gasteiger partial charge on any atom is -0.350 e. The standard InChI is InChI=1S/C18H24FN3O2/c19-15-7-2-1-5-13(15)11-22-10-4-6-14(12-22)20-18(24)16-8-3-9-17(23)21-16/h1-2,5,7,14,16H,3-4,6,8-12H2,(H,20,24)(H,21,23)/t14-,16+/m0/s1. The summed E-state index contributed by atoms with van der Waals surface area (Å²) in [6.45, 7) is 2.17. The molecule has 2 atom stereocenters. The highest BCUT2D eigenvalue weighted by atomic mass is 19.1. The zero-order chi connectivity index (χ0) is 16.9. The molecule has 2 fully saturated rings. The molecule has 0 bridgehead atoms. The van der Waals surface area contributed by atoms with Crippen molar-refractivity contribution in [3.8, 4) is 0 Å². The average molecular weight is 333 g/mol. The van der Waals surface area contributed by atoms with E-state index in [0.717, 1.165) is 25.8 Å². The molecule has 0 unspecified atom stereocenters. The van der Waals surface area contributed by atoms with Crippen LogP contribution >= 0.6 is 0 Å². The lowest BCUT2D eigenvalue weighted by atomic mass is 10.0. The lowest BCUT2D eigenvalue weighted by Crippen LogP contribution is -2.54. The summed E-state index contributed by atoms with van der Waals surface area (Å²) in [7, 11) is 0. The molecule has 2 aliphatic heterocycles. The summed E-state index contributed by atoms with van der Waals surface area (Å²) in [5.74, 6) is -0.333. The van der Waals surface area contributed by atoms with E-state index >= 15 is 0 Å². The summed E-state index contributed by atoms with van der Waals surface area (Å²) in [4.78, 5) is 25.9. The number of amides is 2. The van der Waals surface area contributed by atoms with Crippen LogP contribution in [0.1, 0.15) is 37.7 Å². The van der Waals surface area contributed by atoms with Crippen LogP contribution in [0.4, 0.5) is 4.39 Å². The van der Waals surface area contributed by atoms with Crippen LogP contribution in [-0.2, 0) is 16.1 Å². The minimum absolute atomic E-state index is 0.0498. The first kappa shape index (κ1) is 16.9. The van der Waals surface area contributed by atoms with Gasteiger partial charge in [0, 0.05) is 31.1 Å². The Balaban J connectivity index is 1.53. The Bertz CT molecular complexity index is 608. The van der Waals surface area contributed by atoms with Gasteiger partial charge in [-0.2, -0.15) is 0 Å². The molecule has 2 amide bonds. The van der Waals surface area contributed by atoms with Gasteiger partial charge in [0.05, 0.1) is 0 Å². The zero-order valence-electron chi connectivity index (χ0n) is 13.8. The second-order valence-corrected chi connectivity index (χ2v) is 6.69. The topological polar surface area (TPSA) is 61.4 Å². The minimum atomic E-state index is -0.409. The summed E-state index contributed by atoms with van der Waals surface area (Å²) in [6, 6.07) is 6.45. The van der Waals surface area contributed by atoms with Gasteiger partial charge in [-0.15, -0.1) is 0 Å². The van der Waals surface area contributed by atoms with Gasteiger partial charge in [0.25, 0.3) is 0 Å². The lowest BCUT2D eigenvalue weighted by Gasteiger charge is -2.34. The van der Waals surface area contributed by atoms with Crippen molar-refractivity contribution in [2.45, 2.75) is 50.7 Å². The van der Waals surface area contributed by atoms with Crippen LogP contribution in [0.25, 0.3) is 0 Å². The highest BCUT2D eigenvalue weighted by molar-refractivity contribution is 5.88. The lowest BCUT2D eigenvalue weighted by molar-refractivity contribution is -0.131. The molecule has 0 radical (unpaired) electrons. The molecule has 1 aromatic carbocycles. The van der Waals surface area contributed by atoms with Crippen LogP contribution in [0.2, 0.25) is 0 Å². The summed E-state index contributed by atoms with van der Waals surface area (Å²) >= 11 is 0. The first-order chi connectivity index (χ1) is 11.6. The van der Waals surface area contributed by atoms with Crippen molar-refractivity contribution in [1.29, 1.82) is 0 Å². The quantitative estimate of drug-likeness (QED) is 0.879. The molecule has 0 spiro atoms. The van der Waals surface area contributed by atoms with Crippen molar-refractivity contribution >= 4 is 11.8 Å². The van der Waals surface area contributed by atoms with Crippen LogP contribution in [-0.4, -0.2) is 41.9 Å². The molecule has 24 heavy (non-hydrogen) atoms. The highest BCUT2D eigenvalue weighted by Crippen LogP contribution is 2.16. The maximum Gasteiger partial charge on any atom is 0.242 e. The van der Waals surface area contributed by atoms with Crippen LogP contribution in [0.15, 0.2) is 24.3 Å². The SMILES string of the molecule is O=C1CCC[C@H](C(=O)N[C@H]2CCCN(Cc3ccccc3F)C2)N1. The van der Waals surface area contributed by atoms with E-state index in [1.165, 1.54) is 6.07 Å². The van der Waals surface area contributed by atoms with Crippen molar-refractivity contribution in [2.24, 2.45) is 0 Å². The normalized spacial score (nSPS) is 25.1. The van der Waals surface area contributed by atoms with Gasteiger partial charge in [-0.05, 0) is 38.3 Å². The number of carbonyl (C=O) groups is 2. The van der Waals surface area contributed by atoms with Crippen LogP contribution in [0, 0.1) is 5.82 Å². The van der Waals surface area contributed by atoms with E-state index in [2.05, 4.69) is 15.5 Å². The maximum absolute atomic E-state index is 13.8. The highest BCUT2D eigenvalue weighted by Gasteiger charge is 2.28. The Hall–Kier alpha value is -1.95. The van der Waals surface area contributed by atoms with E-state index < -0.39 is 6.04 Å². The Labute approximate surface area is 141 Å². The van der Waals surface area contributed by atoms with E-state index in [9.17, 15) is 14.0 Å². The molecule has 130 valence electrons. The van der Waals surface area contributed by atoms with Gasteiger partial charge in [-0.25, -0.2) is 4.39 Å². The molecule has 2 aliphatic rings. The summed E-state index contributed by atoms with van der Waals surface area (Å²) in [5, 5.41) is 5.80. The van der Waals surface area contributed by atoms with Gasteiger partial charge < -0.3 is 10.6 Å². The molecule has 6 heteroatoms. The number of nitrogens with one attached hydrogen (secondary N) is 2. The van der Waals surface area contributed by atoms with Crippen LogP contribution < -0.4 is 10.6 Å². The van der Waals surface area contributed by atoms with Crippen LogP contribution in [0.3, 0.4) is 0 Å². The third-order valence-corrected chi connectivity index (χ3v) is 4.75. The van der Waals surface area contributed by atoms with Crippen LogP contribution in [0.5, 0.6) is 0 Å². The van der Waals surface area contributed by atoms with Crippen molar-refractivity contribution in [3.05, 3.63) is 35.6 Å². The summed E-state index contributed by atoms with van der Waals surface area (Å²) in [6.07, 6.45) is 3.84. The Morgan fingerprint density at radius 2 is 2.12 bits per heavy atom. The number of hydrogen-bond acceptors (Lipinski definition) is 3. The summed E-state index contributed by atoms with van der Waals surface area (Å²) < 4.78 is 13.8. The molecule has 2 heterocycles. The van der Waals surface area contributed by atoms with Gasteiger partial charge in [-0.3, -0.25) is 14.5 Å². The number of nitrogens with zero attached hydrogens (tertiary/aromatic N) is 1. The number of piperidine rings is 2. The molecule has 1 aromatic rings. The Morgan fingerprint density at radius 1 is 1.29 bits per heavy atom. The molecule has 0 aliphatic carbocycles. The zero-order valence-corrected chi connectivity index (χ0v) is 13.8. The second-order valence-electron chi connectivity index (χ2n) is 6.69. The van der Waals surface area contributed by atoms with Crippen molar-refractivity contribution in [1.82, 2.24) is 15.5 Å². The van der Waals surface area contributed by atoms with Gasteiger partial charge in [-0.1, -0.05) is 18.2 Å². The number of hydrogen-bond donors (Lipinski definition) is 2. The smallest absolute Gasteiger partial charge is 0.242 e. The van der Waals surface area contributed by atoms with E-state index in [-0.39, 0.29) is 23.7 Å². The molecular weight excluding hydrogens is 309 g/mol. The average Bonchev–Trinajstić information content (AvgIpc) is 2.57. The van der Waals surface area contributed by atoms with Gasteiger partial charge in [0.1, 0.15) is 11.9 Å². The van der Waals surface area contributed by atoms with Gasteiger partial charge >= 0.3 is 0 Å². The van der Waals surface area contributed by atoms with Crippen molar-refractivity contribution < 1.29 is 14.0 Å².